The lowest BCUT2D eigenvalue weighted by atomic mass is 9.84. The minimum atomic E-state index is -4.70. The van der Waals surface area contributed by atoms with Gasteiger partial charge in [-0.05, 0) is 55.9 Å². The van der Waals surface area contributed by atoms with E-state index in [2.05, 4.69) is 11.3 Å². The summed E-state index contributed by atoms with van der Waals surface area (Å²) in [5.41, 5.74) is -2.19. The Morgan fingerprint density at radius 2 is 2.07 bits per heavy atom. The second kappa shape index (κ2) is 7.64. The van der Waals surface area contributed by atoms with Crippen molar-refractivity contribution in [3.05, 3.63) is 42.0 Å². The van der Waals surface area contributed by atoms with Crippen molar-refractivity contribution in [2.24, 2.45) is 11.8 Å². The number of hydrogen-bond acceptors (Lipinski definition) is 6. The minimum Gasteiger partial charge on any atom is -0.748 e. The summed E-state index contributed by atoms with van der Waals surface area (Å²) in [6.07, 6.45) is 0.108. The van der Waals surface area contributed by atoms with E-state index in [1.165, 1.54) is 0 Å². The van der Waals surface area contributed by atoms with Crippen molar-refractivity contribution in [1.29, 1.82) is 0 Å². The number of rotatable bonds is 7. The summed E-state index contributed by atoms with van der Waals surface area (Å²) in [6.45, 7) is 3.07. The molecule has 6 nitrogen and oxygen atoms in total. The van der Waals surface area contributed by atoms with Gasteiger partial charge in [-0.1, -0.05) is 6.58 Å². The molecule has 2 saturated carbocycles. The average molecular weight is 433 g/mol. The number of fused-ring (bicyclic) bond motifs is 2. The first-order valence-electron chi connectivity index (χ1n) is 9.08. The lowest BCUT2D eigenvalue weighted by Gasteiger charge is -2.36. The van der Waals surface area contributed by atoms with Gasteiger partial charge in [0.25, 0.3) is 0 Å². The molecule has 1 aromatic carbocycles. The van der Waals surface area contributed by atoms with E-state index in [-0.39, 0.29) is 11.5 Å². The zero-order valence-electron chi connectivity index (χ0n) is 15.4. The molecular formula is C19H20F3O6S-. The quantitative estimate of drug-likeness (QED) is 0.371. The molecule has 0 spiro atoms. The van der Waals surface area contributed by atoms with Gasteiger partial charge in [-0.2, -0.15) is 13.2 Å². The topological polar surface area (TPSA) is 92.7 Å². The van der Waals surface area contributed by atoms with Gasteiger partial charge in [-0.25, -0.2) is 13.2 Å². The van der Waals surface area contributed by atoms with Crippen molar-refractivity contribution in [1.82, 2.24) is 0 Å². The minimum absolute atomic E-state index is 0.0592. The number of halogens is 3. The highest BCUT2D eigenvalue weighted by molar-refractivity contribution is 7.85. The maximum absolute atomic E-state index is 13.5. The van der Waals surface area contributed by atoms with E-state index in [1.54, 1.807) is 6.08 Å². The molecule has 1 aromatic rings. The average Bonchev–Trinajstić information content (AvgIpc) is 3.21. The van der Waals surface area contributed by atoms with Crippen LogP contribution in [0.15, 0.2) is 30.9 Å². The molecule has 3 unspecified atom stereocenters. The third-order valence-electron chi connectivity index (χ3n) is 5.57. The zero-order chi connectivity index (χ0) is 21.4. The van der Waals surface area contributed by atoms with E-state index in [1.807, 2.05) is 0 Å². The van der Waals surface area contributed by atoms with Gasteiger partial charge in [-0.15, -0.1) is 0 Å². The van der Waals surface area contributed by atoms with E-state index in [0.29, 0.717) is 12.3 Å². The lowest BCUT2D eigenvalue weighted by molar-refractivity contribution is -0.140. The van der Waals surface area contributed by atoms with Gasteiger partial charge in [-0.3, -0.25) is 0 Å². The fourth-order valence-electron chi connectivity index (χ4n) is 4.23. The molecule has 160 valence electrons. The number of carbonyl (C=O) groups excluding carboxylic acids is 1. The molecule has 10 heteroatoms. The van der Waals surface area contributed by atoms with E-state index < -0.39 is 51.5 Å². The van der Waals surface area contributed by atoms with Crippen molar-refractivity contribution in [2.75, 3.05) is 12.4 Å². The molecule has 3 rings (SSSR count). The number of alkyl halides is 3. The molecule has 2 bridgehead atoms. The smallest absolute Gasteiger partial charge is 0.419 e. The molecule has 0 aromatic heterocycles. The monoisotopic (exact) mass is 433 g/mol. The second-order valence-corrected chi connectivity index (χ2v) is 8.97. The van der Waals surface area contributed by atoms with Crippen molar-refractivity contribution in [3.63, 3.8) is 0 Å². The number of hydrogen-bond donors (Lipinski definition) is 0. The molecule has 0 radical (unpaired) electrons. The van der Waals surface area contributed by atoms with Crippen LogP contribution in [0, 0.1) is 11.8 Å². The van der Waals surface area contributed by atoms with Crippen LogP contribution in [0.25, 0.3) is 0 Å². The van der Waals surface area contributed by atoms with Gasteiger partial charge >= 0.3 is 12.1 Å². The number of benzene rings is 1. The number of esters is 1. The summed E-state index contributed by atoms with van der Waals surface area (Å²) >= 11 is 0. The van der Waals surface area contributed by atoms with Crippen LogP contribution >= 0.6 is 0 Å². The second-order valence-electron chi connectivity index (χ2n) is 7.45. The van der Waals surface area contributed by atoms with Gasteiger partial charge < -0.3 is 14.0 Å². The van der Waals surface area contributed by atoms with Crippen molar-refractivity contribution < 1.29 is 40.4 Å². The molecule has 2 aliphatic rings. The van der Waals surface area contributed by atoms with Crippen molar-refractivity contribution in [2.45, 2.75) is 37.5 Å². The molecule has 0 amide bonds. The van der Waals surface area contributed by atoms with Crippen molar-refractivity contribution in [3.8, 4) is 5.75 Å². The molecule has 3 atom stereocenters. The Bertz CT molecular complexity index is 911. The predicted octanol–water partition coefficient (Wildman–Crippen LogP) is 3.53. The first-order valence-corrected chi connectivity index (χ1v) is 10.7. The fourth-order valence-corrected chi connectivity index (χ4v) is 4.52. The maximum Gasteiger partial charge on any atom is 0.419 e. The van der Waals surface area contributed by atoms with Crippen LogP contribution in [0.5, 0.6) is 5.75 Å². The molecule has 0 aliphatic heterocycles. The lowest BCUT2D eigenvalue weighted by Crippen LogP contribution is -2.39. The van der Waals surface area contributed by atoms with E-state index in [9.17, 15) is 30.9 Å². The summed E-state index contributed by atoms with van der Waals surface area (Å²) in [5.74, 6) is -2.05. The Hall–Kier alpha value is -2.07. The Morgan fingerprint density at radius 1 is 1.34 bits per heavy atom. The van der Waals surface area contributed by atoms with Crippen LogP contribution in [0.3, 0.4) is 0 Å². The number of carbonyl (C=O) groups is 1. The van der Waals surface area contributed by atoms with Gasteiger partial charge in [0.2, 0.25) is 0 Å². The van der Waals surface area contributed by atoms with Crippen LogP contribution in [0.2, 0.25) is 0 Å². The van der Waals surface area contributed by atoms with Crippen LogP contribution in [-0.2, 0) is 21.0 Å². The van der Waals surface area contributed by atoms with Crippen LogP contribution in [0.4, 0.5) is 13.2 Å². The highest BCUT2D eigenvalue weighted by atomic mass is 32.2. The summed E-state index contributed by atoms with van der Waals surface area (Å²) in [5, 5.41) is 0. The molecule has 29 heavy (non-hydrogen) atoms. The fraction of sp³-hybridized carbons (Fsp3) is 0.526. The molecule has 2 fully saturated rings. The third kappa shape index (κ3) is 4.75. The number of ether oxygens (including phenoxy) is 2. The Morgan fingerprint density at radius 3 is 2.59 bits per heavy atom. The molecule has 0 heterocycles. The normalized spacial score (nSPS) is 26.3. The summed E-state index contributed by atoms with van der Waals surface area (Å²) in [6, 6.07) is 2.58. The van der Waals surface area contributed by atoms with Gasteiger partial charge in [0.1, 0.15) is 18.0 Å². The summed E-state index contributed by atoms with van der Waals surface area (Å²) in [4.78, 5) is 12.1. The Balaban J connectivity index is 1.87. The standard InChI is InChI=1S/C19H21F3O6S/c1-2-18(11-12-3-5-14(18)9-12)28-16-10-13(4-6-15(16)19(20,21)22)17(23)27-7-8-29(24,25)26/h2,4,6,10,12,14H,1,3,5,7-9,11H2,(H,24,25,26)/p-1. The first kappa shape index (κ1) is 21.6. The maximum atomic E-state index is 13.5. The van der Waals surface area contributed by atoms with E-state index in [0.717, 1.165) is 37.5 Å². The highest BCUT2D eigenvalue weighted by Gasteiger charge is 2.52. The summed E-state index contributed by atoms with van der Waals surface area (Å²) < 4.78 is 82.7. The van der Waals surface area contributed by atoms with E-state index in [4.69, 9.17) is 4.74 Å². The van der Waals surface area contributed by atoms with Gasteiger partial charge in [0.15, 0.2) is 0 Å². The van der Waals surface area contributed by atoms with Crippen molar-refractivity contribution >= 4 is 16.1 Å². The SMILES string of the molecule is C=CC1(Oc2cc(C(=O)OCCS(=O)(=O)[O-])ccc2C(F)(F)F)CC2CCC1C2. The van der Waals surface area contributed by atoms with Crippen LogP contribution < -0.4 is 4.74 Å². The predicted molar refractivity (Wildman–Crippen MR) is 95.3 cm³/mol. The molecule has 0 saturated heterocycles. The van der Waals surface area contributed by atoms with Crippen LogP contribution in [-0.4, -0.2) is 36.9 Å². The van der Waals surface area contributed by atoms with E-state index >= 15 is 0 Å². The van der Waals surface area contributed by atoms with Crippen LogP contribution in [0.1, 0.15) is 41.6 Å². The van der Waals surface area contributed by atoms with Gasteiger partial charge in [0, 0.05) is 5.92 Å². The third-order valence-corrected chi connectivity index (χ3v) is 6.24. The largest absolute Gasteiger partial charge is 0.748 e. The Labute approximate surface area is 166 Å². The first-order chi connectivity index (χ1) is 13.4. The highest BCUT2D eigenvalue weighted by Crippen LogP contribution is 2.54. The molecule has 0 N–H and O–H groups in total. The molecule has 2 aliphatic carbocycles. The molecular weight excluding hydrogens is 413 g/mol. The zero-order valence-corrected chi connectivity index (χ0v) is 16.2. The summed E-state index contributed by atoms with van der Waals surface area (Å²) in [7, 11) is -4.58. The van der Waals surface area contributed by atoms with Gasteiger partial charge in [0.05, 0.1) is 27.0 Å². The Kier molecular flexibility index (Phi) is 5.70.